The highest BCUT2D eigenvalue weighted by Gasteiger charge is 2.23. The monoisotopic (exact) mass is 331 g/mol. The summed E-state index contributed by atoms with van der Waals surface area (Å²) in [5.74, 6) is 0.783. The number of aromatic nitrogens is 2. The number of rotatable bonds is 7. The maximum atomic E-state index is 10.2. The maximum Gasteiger partial charge on any atom is 0.119 e. The Bertz CT molecular complexity index is 617. The highest BCUT2D eigenvalue weighted by molar-refractivity contribution is 5.20. The summed E-state index contributed by atoms with van der Waals surface area (Å²) in [5, 5.41) is 14.5. The quantitative estimate of drug-likeness (QED) is 0.829. The summed E-state index contributed by atoms with van der Waals surface area (Å²) >= 11 is 0. The Kier molecular flexibility index (Phi) is 5.85. The molecule has 1 aliphatic rings. The Balaban J connectivity index is 1.42. The van der Waals surface area contributed by atoms with Gasteiger partial charge in [-0.25, -0.2) is 0 Å². The van der Waals surface area contributed by atoms with Gasteiger partial charge in [-0.15, -0.1) is 0 Å². The lowest BCUT2D eigenvalue weighted by atomic mass is 10.2. The van der Waals surface area contributed by atoms with Crippen molar-refractivity contribution in [3.8, 4) is 5.75 Å². The molecule has 0 spiro atoms. The smallest absolute Gasteiger partial charge is 0.119 e. The van der Waals surface area contributed by atoms with Crippen LogP contribution in [0, 0.1) is 6.92 Å². The Hall–Kier alpha value is -1.89. The summed E-state index contributed by atoms with van der Waals surface area (Å²) in [6, 6.07) is 9.57. The van der Waals surface area contributed by atoms with Gasteiger partial charge in [-0.3, -0.25) is 9.58 Å². The number of β-amino-alcohol motifs (C(OH)–C–C–N with tert-alkyl or cyclic N) is 1. The van der Waals surface area contributed by atoms with Crippen molar-refractivity contribution in [3.63, 3.8) is 0 Å². The van der Waals surface area contributed by atoms with Crippen molar-refractivity contribution in [2.75, 3.05) is 32.8 Å². The molecule has 0 radical (unpaired) electrons. The molecule has 2 aromatic rings. The number of hydrogen-bond donors (Lipinski definition) is 1. The van der Waals surface area contributed by atoms with E-state index in [4.69, 9.17) is 9.47 Å². The molecular weight excluding hydrogens is 306 g/mol. The van der Waals surface area contributed by atoms with E-state index < -0.39 is 6.10 Å². The summed E-state index contributed by atoms with van der Waals surface area (Å²) in [6.07, 6.45) is 3.45. The van der Waals surface area contributed by atoms with Gasteiger partial charge in [0.05, 0.1) is 25.5 Å². The van der Waals surface area contributed by atoms with Gasteiger partial charge in [0.25, 0.3) is 0 Å². The zero-order valence-electron chi connectivity index (χ0n) is 14.0. The molecule has 2 atom stereocenters. The first-order chi connectivity index (χ1) is 11.7. The summed E-state index contributed by atoms with van der Waals surface area (Å²) in [6.45, 7) is 5.95. The van der Waals surface area contributed by atoms with Crippen LogP contribution in [0.4, 0.5) is 0 Å². The molecule has 0 amide bonds. The SMILES string of the molecule is Cc1cnn(C[C@@H]2CN(C[C@H](O)COc3ccccc3)CCO2)c1. The Morgan fingerprint density at radius 1 is 1.38 bits per heavy atom. The van der Waals surface area contributed by atoms with Crippen molar-refractivity contribution >= 4 is 0 Å². The van der Waals surface area contributed by atoms with Crippen LogP contribution in [0.25, 0.3) is 0 Å². The summed E-state index contributed by atoms with van der Waals surface area (Å²) in [5.41, 5.74) is 1.15. The molecule has 3 rings (SSSR count). The first-order valence-electron chi connectivity index (χ1n) is 8.38. The summed E-state index contributed by atoms with van der Waals surface area (Å²) in [7, 11) is 0. The molecule has 6 nitrogen and oxygen atoms in total. The highest BCUT2D eigenvalue weighted by Crippen LogP contribution is 2.11. The van der Waals surface area contributed by atoms with Gasteiger partial charge in [-0.05, 0) is 24.6 Å². The number of para-hydroxylation sites is 1. The molecule has 0 aliphatic carbocycles. The van der Waals surface area contributed by atoms with E-state index in [2.05, 4.69) is 10.00 Å². The van der Waals surface area contributed by atoms with E-state index in [-0.39, 0.29) is 6.10 Å². The lowest BCUT2D eigenvalue weighted by Gasteiger charge is -2.33. The molecule has 130 valence electrons. The van der Waals surface area contributed by atoms with Gasteiger partial charge in [-0.1, -0.05) is 18.2 Å². The lowest BCUT2D eigenvalue weighted by Crippen LogP contribution is -2.47. The van der Waals surface area contributed by atoms with Crippen molar-refractivity contribution in [3.05, 3.63) is 48.3 Å². The molecule has 0 unspecified atom stereocenters. The van der Waals surface area contributed by atoms with E-state index >= 15 is 0 Å². The first kappa shape index (κ1) is 17.0. The zero-order valence-corrected chi connectivity index (χ0v) is 14.0. The number of morpholine rings is 1. The van der Waals surface area contributed by atoms with Crippen molar-refractivity contribution in [1.29, 1.82) is 0 Å². The Morgan fingerprint density at radius 2 is 2.21 bits per heavy atom. The standard InChI is InChI=1S/C18H25N3O3/c1-15-9-19-21(10-15)13-18-12-20(7-8-23-18)11-16(22)14-24-17-5-3-2-4-6-17/h2-6,9-10,16,18,22H,7-8,11-14H2,1H3/t16-,18-/m0/s1. The molecule has 1 aliphatic heterocycles. The van der Waals surface area contributed by atoms with Crippen molar-refractivity contribution in [2.24, 2.45) is 0 Å². The van der Waals surface area contributed by atoms with Crippen LogP contribution in [0.1, 0.15) is 5.56 Å². The van der Waals surface area contributed by atoms with Gasteiger partial charge in [0.2, 0.25) is 0 Å². The van der Waals surface area contributed by atoms with E-state index in [0.717, 1.165) is 30.9 Å². The van der Waals surface area contributed by atoms with Crippen molar-refractivity contribution in [1.82, 2.24) is 14.7 Å². The van der Waals surface area contributed by atoms with Gasteiger partial charge in [0, 0.05) is 25.8 Å². The fourth-order valence-corrected chi connectivity index (χ4v) is 2.89. The number of aliphatic hydroxyl groups excluding tert-OH is 1. The number of hydrogen-bond acceptors (Lipinski definition) is 5. The zero-order chi connectivity index (χ0) is 16.8. The predicted molar refractivity (Wildman–Crippen MR) is 91.1 cm³/mol. The second kappa shape index (κ2) is 8.28. The minimum atomic E-state index is -0.518. The average Bonchev–Trinajstić information content (AvgIpc) is 2.99. The van der Waals surface area contributed by atoms with Crippen molar-refractivity contribution in [2.45, 2.75) is 25.7 Å². The number of aryl methyl sites for hydroxylation is 1. The third-order valence-corrected chi connectivity index (χ3v) is 4.03. The molecule has 1 fully saturated rings. The van der Waals surface area contributed by atoms with Crippen LogP contribution in [0.3, 0.4) is 0 Å². The van der Waals surface area contributed by atoms with E-state index in [9.17, 15) is 5.11 Å². The Morgan fingerprint density at radius 3 is 2.96 bits per heavy atom. The highest BCUT2D eigenvalue weighted by atomic mass is 16.5. The Labute approximate surface area is 142 Å². The number of ether oxygens (including phenoxy) is 2. The first-order valence-corrected chi connectivity index (χ1v) is 8.38. The van der Waals surface area contributed by atoms with Gasteiger partial charge in [-0.2, -0.15) is 5.10 Å². The van der Waals surface area contributed by atoms with Crippen LogP contribution in [0.2, 0.25) is 0 Å². The second-order valence-electron chi connectivity index (χ2n) is 6.27. The maximum absolute atomic E-state index is 10.2. The van der Waals surface area contributed by atoms with Crippen molar-refractivity contribution < 1.29 is 14.6 Å². The number of benzene rings is 1. The van der Waals surface area contributed by atoms with Crippen LogP contribution in [0.5, 0.6) is 5.75 Å². The fourth-order valence-electron chi connectivity index (χ4n) is 2.89. The van der Waals surface area contributed by atoms with Crippen LogP contribution in [-0.4, -0.2) is 64.8 Å². The van der Waals surface area contributed by atoms with Crippen LogP contribution >= 0.6 is 0 Å². The molecule has 0 bridgehead atoms. The molecule has 1 saturated heterocycles. The number of nitrogens with zero attached hydrogens (tertiary/aromatic N) is 3. The molecule has 0 saturated carbocycles. The molecule has 2 heterocycles. The minimum absolute atomic E-state index is 0.0975. The largest absolute Gasteiger partial charge is 0.491 e. The van der Waals surface area contributed by atoms with E-state index in [1.807, 2.05) is 54.3 Å². The van der Waals surface area contributed by atoms with E-state index in [1.54, 1.807) is 0 Å². The molecule has 1 aromatic heterocycles. The third kappa shape index (κ3) is 5.06. The normalized spacial score (nSPS) is 20.0. The van der Waals surface area contributed by atoms with Crippen LogP contribution < -0.4 is 4.74 Å². The van der Waals surface area contributed by atoms with Crippen LogP contribution in [0.15, 0.2) is 42.7 Å². The molecule has 24 heavy (non-hydrogen) atoms. The molecule has 1 N–H and O–H groups in total. The van der Waals surface area contributed by atoms with Gasteiger partial charge < -0.3 is 14.6 Å². The second-order valence-corrected chi connectivity index (χ2v) is 6.27. The van der Waals surface area contributed by atoms with E-state index in [1.165, 1.54) is 0 Å². The lowest BCUT2D eigenvalue weighted by molar-refractivity contribution is -0.0517. The van der Waals surface area contributed by atoms with E-state index in [0.29, 0.717) is 19.8 Å². The molecular formula is C18H25N3O3. The predicted octanol–water partition coefficient (Wildman–Crippen LogP) is 1.33. The number of aliphatic hydroxyl groups is 1. The minimum Gasteiger partial charge on any atom is -0.491 e. The topological polar surface area (TPSA) is 59.8 Å². The average molecular weight is 331 g/mol. The summed E-state index contributed by atoms with van der Waals surface area (Å²) in [4.78, 5) is 2.23. The molecule has 6 heteroatoms. The van der Waals surface area contributed by atoms with Gasteiger partial charge in [0.1, 0.15) is 18.5 Å². The fraction of sp³-hybridized carbons (Fsp3) is 0.500. The van der Waals surface area contributed by atoms with Gasteiger partial charge in [0.15, 0.2) is 0 Å². The summed E-state index contributed by atoms with van der Waals surface area (Å²) < 4.78 is 13.3. The van der Waals surface area contributed by atoms with Gasteiger partial charge >= 0.3 is 0 Å². The molecule has 1 aromatic carbocycles. The van der Waals surface area contributed by atoms with Crippen LogP contribution in [-0.2, 0) is 11.3 Å². The third-order valence-electron chi connectivity index (χ3n) is 4.03.